The van der Waals surface area contributed by atoms with Crippen LogP contribution in [-0.2, 0) is 11.3 Å². The highest BCUT2D eigenvalue weighted by Crippen LogP contribution is 2.17. The number of piperidine rings is 1. The number of hydrogen-bond acceptors (Lipinski definition) is 4. The molecule has 1 heterocycles. The highest BCUT2D eigenvalue weighted by molar-refractivity contribution is 5.77. The molecule has 1 amide bonds. The molecular weight excluding hydrogens is 340 g/mol. The van der Waals surface area contributed by atoms with Crippen LogP contribution in [0.25, 0.3) is 0 Å². The SMILES string of the molecule is CCOc1ccc(OCC(=O)NC2CCN(Cc3ccccc3)CC2)cc1. The standard InChI is InChI=1S/C22H28N2O3/c1-2-26-20-8-10-21(11-9-20)27-17-22(25)23-19-12-14-24(15-13-19)16-18-6-4-3-5-7-18/h3-11,19H,2,12-17H2,1H3,(H,23,25). The number of likely N-dealkylation sites (tertiary alicyclic amines) is 1. The van der Waals surface area contributed by atoms with E-state index in [1.54, 1.807) is 0 Å². The van der Waals surface area contributed by atoms with E-state index in [2.05, 4.69) is 34.5 Å². The first-order valence-corrected chi connectivity index (χ1v) is 9.64. The molecule has 0 atom stereocenters. The van der Waals surface area contributed by atoms with Crippen molar-refractivity contribution in [1.82, 2.24) is 10.2 Å². The fourth-order valence-electron chi connectivity index (χ4n) is 3.29. The van der Waals surface area contributed by atoms with Gasteiger partial charge in [-0.25, -0.2) is 0 Å². The topological polar surface area (TPSA) is 50.8 Å². The zero-order valence-electron chi connectivity index (χ0n) is 15.9. The molecule has 0 spiro atoms. The van der Waals surface area contributed by atoms with Crippen molar-refractivity contribution in [3.63, 3.8) is 0 Å². The maximum Gasteiger partial charge on any atom is 0.258 e. The molecule has 1 aliphatic rings. The summed E-state index contributed by atoms with van der Waals surface area (Å²) in [5, 5.41) is 3.09. The van der Waals surface area contributed by atoms with Crippen molar-refractivity contribution in [3.05, 3.63) is 60.2 Å². The van der Waals surface area contributed by atoms with E-state index < -0.39 is 0 Å². The van der Waals surface area contributed by atoms with E-state index in [1.807, 2.05) is 37.3 Å². The first-order valence-electron chi connectivity index (χ1n) is 9.64. The molecule has 0 aliphatic carbocycles. The van der Waals surface area contributed by atoms with Gasteiger partial charge >= 0.3 is 0 Å². The van der Waals surface area contributed by atoms with Crippen LogP contribution in [0.15, 0.2) is 54.6 Å². The number of rotatable bonds is 8. The summed E-state index contributed by atoms with van der Waals surface area (Å²) in [6.45, 7) is 5.59. The minimum atomic E-state index is -0.0644. The van der Waals surface area contributed by atoms with Gasteiger partial charge in [-0.2, -0.15) is 0 Å². The molecule has 1 fully saturated rings. The Morgan fingerprint density at radius 1 is 1.00 bits per heavy atom. The predicted molar refractivity (Wildman–Crippen MR) is 106 cm³/mol. The number of amides is 1. The molecule has 0 bridgehead atoms. The number of carbonyl (C=O) groups excluding carboxylic acids is 1. The van der Waals surface area contributed by atoms with Gasteiger partial charge in [-0.3, -0.25) is 9.69 Å². The summed E-state index contributed by atoms with van der Waals surface area (Å²) in [5.41, 5.74) is 1.34. The maximum atomic E-state index is 12.2. The molecule has 1 saturated heterocycles. The van der Waals surface area contributed by atoms with Crippen molar-refractivity contribution in [2.24, 2.45) is 0 Å². The number of hydrogen-bond donors (Lipinski definition) is 1. The van der Waals surface area contributed by atoms with Gasteiger partial charge in [0.05, 0.1) is 6.61 Å². The van der Waals surface area contributed by atoms with Gasteiger partial charge in [-0.05, 0) is 49.6 Å². The van der Waals surface area contributed by atoms with Crippen LogP contribution in [0, 0.1) is 0 Å². The average Bonchev–Trinajstić information content (AvgIpc) is 2.70. The lowest BCUT2D eigenvalue weighted by atomic mass is 10.0. The number of carbonyl (C=O) groups is 1. The van der Waals surface area contributed by atoms with E-state index >= 15 is 0 Å². The average molecular weight is 368 g/mol. The van der Waals surface area contributed by atoms with Gasteiger partial charge in [0.1, 0.15) is 11.5 Å². The number of ether oxygens (including phenoxy) is 2. The lowest BCUT2D eigenvalue weighted by Gasteiger charge is -2.32. The van der Waals surface area contributed by atoms with E-state index in [0.29, 0.717) is 12.4 Å². The van der Waals surface area contributed by atoms with Crippen molar-refractivity contribution in [3.8, 4) is 11.5 Å². The lowest BCUT2D eigenvalue weighted by Crippen LogP contribution is -2.45. The van der Waals surface area contributed by atoms with E-state index in [1.165, 1.54) is 5.56 Å². The molecule has 2 aromatic rings. The van der Waals surface area contributed by atoms with Gasteiger partial charge in [-0.15, -0.1) is 0 Å². The summed E-state index contributed by atoms with van der Waals surface area (Å²) in [7, 11) is 0. The van der Waals surface area contributed by atoms with Gasteiger partial charge < -0.3 is 14.8 Å². The Kier molecular flexibility index (Phi) is 7.11. The molecule has 1 N–H and O–H groups in total. The number of benzene rings is 2. The van der Waals surface area contributed by atoms with Gasteiger partial charge in [0.15, 0.2) is 6.61 Å². The van der Waals surface area contributed by atoms with Crippen LogP contribution in [0.3, 0.4) is 0 Å². The molecule has 0 aromatic heterocycles. The second-order valence-corrected chi connectivity index (χ2v) is 6.80. The van der Waals surface area contributed by atoms with E-state index in [-0.39, 0.29) is 18.6 Å². The molecular formula is C22H28N2O3. The minimum absolute atomic E-state index is 0.0399. The minimum Gasteiger partial charge on any atom is -0.494 e. The Balaban J connectivity index is 1.35. The van der Waals surface area contributed by atoms with Crippen LogP contribution in [0.1, 0.15) is 25.3 Å². The molecule has 144 valence electrons. The molecule has 0 unspecified atom stereocenters. The Bertz CT molecular complexity index is 695. The maximum absolute atomic E-state index is 12.2. The van der Waals surface area contributed by atoms with Crippen LogP contribution < -0.4 is 14.8 Å². The summed E-state index contributed by atoms with van der Waals surface area (Å²) in [5.74, 6) is 1.41. The Labute approximate surface area is 161 Å². The second-order valence-electron chi connectivity index (χ2n) is 6.80. The smallest absolute Gasteiger partial charge is 0.258 e. The third kappa shape index (κ3) is 6.29. The zero-order valence-corrected chi connectivity index (χ0v) is 15.9. The summed E-state index contributed by atoms with van der Waals surface area (Å²) < 4.78 is 11.0. The first kappa shape index (κ1) is 19.2. The third-order valence-corrected chi connectivity index (χ3v) is 4.71. The van der Waals surface area contributed by atoms with Crippen molar-refractivity contribution in [2.75, 3.05) is 26.3 Å². The van der Waals surface area contributed by atoms with E-state index in [0.717, 1.165) is 38.2 Å². The van der Waals surface area contributed by atoms with Crippen LogP contribution in [0.5, 0.6) is 11.5 Å². The second kappa shape index (κ2) is 9.97. The van der Waals surface area contributed by atoms with Crippen molar-refractivity contribution >= 4 is 5.91 Å². The molecule has 1 aliphatic heterocycles. The van der Waals surface area contributed by atoms with Crippen LogP contribution in [0.4, 0.5) is 0 Å². The van der Waals surface area contributed by atoms with Crippen molar-refractivity contribution in [1.29, 1.82) is 0 Å². The summed E-state index contributed by atoms with van der Waals surface area (Å²) >= 11 is 0. The van der Waals surface area contributed by atoms with Crippen molar-refractivity contribution < 1.29 is 14.3 Å². The summed E-state index contributed by atoms with van der Waals surface area (Å²) in [6, 6.07) is 18.1. The number of nitrogens with zero attached hydrogens (tertiary/aromatic N) is 1. The monoisotopic (exact) mass is 368 g/mol. The Hall–Kier alpha value is -2.53. The summed E-state index contributed by atoms with van der Waals surface area (Å²) in [4.78, 5) is 14.6. The molecule has 2 aromatic carbocycles. The van der Waals surface area contributed by atoms with Crippen molar-refractivity contribution in [2.45, 2.75) is 32.4 Å². The van der Waals surface area contributed by atoms with Crippen LogP contribution in [0.2, 0.25) is 0 Å². The predicted octanol–water partition coefficient (Wildman–Crippen LogP) is 3.24. The van der Waals surface area contributed by atoms with Crippen LogP contribution in [-0.4, -0.2) is 43.2 Å². The molecule has 5 heteroatoms. The quantitative estimate of drug-likeness (QED) is 0.777. The third-order valence-electron chi connectivity index (χ3n) is 4.71. The fraction of sp³-hybridized carbons (Fsp3) is 0.409. The molecule has 3 rings (SSSR count). The van der Waals surface area contributed by atoms with Gasteiger partial charge in [-0.1, -0.05) is 30.3 Å². The van der Waals surface area contributed by atoms with Gasteiger partial charge in [0, 0.05) is 25.7 Å². The highest BCUT2D eigenvalue weighted by atomic mass is 16.5. The van der Waals surface area contributed by atoms with Crippen LogP contribution >= 0.6 is 0 Å². The fourth-order valence-corrected chi connectivity index (χ4v) is 3.29. The first-order chi connectivity index (χ1) is 13.2. The molecule has 0 radical (unpaired) electrons. The normalized spacial score (nSPS) is 15.3. The van der Waals surface area contributed by atoms with Gasteiger partial charge in [0.2, 0.25) is 0 Å². The molecule has 0 saturated carbocycles. The zero-order chi connectivity index (χ0) is 18.9. The summed E-state index contributed by atoms with van der Waals surface area (Å²) in [6.07, 6.45) is 1.95. The molecule has 5 nitrogen and oxygen atoms in total. The Morgan fingerprint density at radius 2 is 1.63 bits per heavy atom. The Morgan fingerprint density at radius 3 is 2.26 bits per heavy atom. The van der Waals surface area contributed by atoms with E-state index in [4.69, 9.17) is 9.47 Å². The largest absolute Gasteiger partial charge is 0.494 e. The number of nitrogens with one attached hydrogen (secondary N) is 1. The highest BCUT2D eigenvalue weighted by Gasteiger charge is 2.20. The van der Waals surface area contributed by atoms with Gasteiger partial charge in [0.25, 0.3) is 5.91 Å². The lowest BCUT2D eigenvalue weighted by molar-refractivity contribution is -0.124. The van der Waals surface area contributed by atoms with E-state index in [9.17, 15) is 4.79 Å². The molecule has 27 heavy (non-hydrogen) atoms.